The minimum Gasteiger partial charge on any atom is -0.314 e. The van der Waals surface area contributed by atoms with Gasteiger partial charge < -0.3 is 4.37 Å². The fraction of sp³-hybridized carbons (Fsp3) is 0.571. The molecule has 0 fully saturated rings. The summed E-state index contributed by atoms with van der Waals surface area (Å²) in [6.45, 7) is 4.29. The van der Waals surface area contributed by atoms with Gasteiger partial charge in [0.1, 0.15) is 3.82 Å². The lowest BCUT2D eigenvalue weighted by Crippen LogP contribution is -1.86. The molecule has 0 aromatic carbocycles. The second-order valence-corrected chi connectivity index (χ2v) is 3.64. The van der Waals surface area contributed by atoms with Crippen molar-refractivity contribution in [2.24, 2.45) is 0 Å². The predicted octanol–water partition coefficient (Wildman–Crippen LogP) is 2.93. The van der Waals surface area contributed by atoms with Crippen LogP contribution >= 0.6 is 23.8 Å². The number of rotatable bonds is 2. The lowest BCUT2D eigenvalue weighted by molar-refractivity contribution is 1.01. The average molecular weight is 173 g/mol. The Kier molecular flexibility index (Phi) is 2.63. The number of aromatic amines is 1. The van der Waals surface area contributed by atoms with Crippen LogP contribution in [0.25, 0.3) is 0 Å². The van der Waals surface area contributed by atoms with Gasteiger partial charge in [0.05, 0.1) is 0 Å². The first kappa shape index (κ1) is 7.95. The molecule has 1 heterocycles. The highest BCUT2D eigenvalue weighted by Gasteiger charge is 2.01. The van der Waals surface area contributed by atoms with E-state index in [0.29, 0.717) is 0 Å². The van der Waals surface area contributed by atoms with Crippen LogP contribution in [0.4, 0.5) is 0 Å². The highest BCUT2D eigenvalue weighted by atomic mass is 32.2. The molecule has 1 aromatic heterocycles. The van der Waals surface area contributed by atoms with Crippen molar-refractivity contribution < 1.29 is 0 Å². The Balaban J connectivity index is 3.13. The molecule has 3 heteroatoms. The summed E-state index contributed by atoms with van der Waals surface area (Å²) in [7, 11) is 0. The van der Waals surface area contributed by atoms with Crippen molar-refractivity contribution >= 4 is 23.8 Å². The van der Waals surface area contributed by atoms with Gasteiger partial charge >= 0.3 is 0 Å². The van der Waals surface area contributed by atoms with E-state index in [0.717, 1.165) is 16.7 Å². The third kappa shape index (κ3) is 1.30. The maximum Gasteiger partial charge on any atom is 0.112 e. The molecule has 0 aliphatic heterocycles. The van der Waals surface area contributed by atoms with Crippen molar-refractivity contribution in [2.75, 3.05) is 0 Å². The molecule has 10 heavy (non-hydrogen) atoms. The molecule has 1 rings (SSSR count). The first-order valence-electron chi connectivity index (χ1n) is 3.48. The SMILES string of the molecule is CCc1[nH]sc(=S)c1CC. The second kappa shape index (κ2) is 3.30. The van der Waals surface area contributed by atoms with Crippen molar-refractivity contribution in [2.45, 2.75) is 26.7 Å². The summed E-state index contributed by atoms with van der Waals surface area (Å²) in [5, 5.41) is 0. The molecular weight excluding hydrogens is 162 g/mol. The molecule has 0 saturated heterocycles. The zero-order valence-corrected chi connectivity index (χ0v) is 7.86. The van der Waals surface area contributed by atoms with Crippen LogP contribution in [0.15, 0.2) is 0 Å². The molecule has 0 aliphatic carbocycles. The molecule has 56 valence electrons. The van der Waals surface area contributed by atoms with Gasteiger partial charge in [-0.25, -0.2) is 0 Å². The summed E-state index contributed by atoms with van der Waals surface area (Å²) in [5.41, 5.74) is 2.65. The lowest BCUT2D eigenvalue weighted by atomic mass is 10.2. The van der Waals surface area contributed by atoms with E-state index >= 15 is 0 Å². The molecule has 0 bridgehead atoms. The van der Waals surface area contributed by atoms with Crippen LogP contribution in [0.2, 0.25) is 0 Å². The van der Waals surface area contributed by atoms with E-state index < -0.39 is 0 Å². The van der Waals surface area contributed by atoms with Crippen molar-refractivity contribution in [3.05, 3.63) is 15.1 Å². The van der Waals surface area contributed by atoms with Crippen molar-refractivity contribution in [1.29, 1.82) is 0 Å². The Morgan fingerprint density at radius 1 is 1.40 bits per heavy atom. The zero-order chi connectivity index (χ0) is 7.56. The van der Waals surface area contributed by atoms with Gasteiger partial charge in [-0.3, -0.25) is 0 Å². The number of aryl methyl sites for hydroxylation is 1. The summed E-state index contributed by atoms with van der Waals surface area (Å²) < 4.78 is 4.24. The van der Waals surface area contributed by atoms with Crippen LogP contribution < -0.4 is 0 Å². The van der Waals surface area contributed by atoms with E-state index in [2.05, 4.69) is 18.2 Å². The fourth-order valence-corrected chi connectivity index (χ4v) is 2.26. The smallest absolute Gasteiger partial charge is 0.112 e. The summed E-state index contributed by atoms with van der Waals surface area (Å²) in [6.07, 6.45) is 2.12. The molecule has 0 unspecified atom stereocenters. The minimum atomic E-state index is 1.03. The maximum atomic E-state index is 5.13. The third-order valence-corrected chi connectivity index (χ3v) is 2.86. The zero-order valence-electron chi connectivity index (χ0n) is 6.23. The van der Waals surface area contributed by atoms with Crippen LogP contribution in [-0.2, 0) is 12.8 Å². The summed E-state index contributed by atoms with van der Waals surface area (Å²) in [5.74, 6) is 0. The monoisotopic (exact) mass is 173 g/mol. The quantitative estimate of drug-likeness (QED) is 0.680. The average Bonchev–Trinajstić information content (AvgIpc) is 2.30. The Hall–Kier alpha value is -0.150. The molecule has 0 atom stereocenters. The van der Waals surface area contributed by atoms with Gasteiger partial charge in [0.25, 0.3) is 0 Å². The van der Waals surface area contributed by atoms with Crippen molar-refractivity contribution in [3.8, 4) is 0 Å². The van der Waals surface area contributed by atoms with E-state index in [1.165, 1.54) is 11.3 Å². The van der Waals surface area contributed by atoms with Gasteiger partial charge in [-0.15, -0.1) is 0 Å². The highest BCUT2D eigenvalue weighted by Crippen LogP contribution is 2.14. The Labute approximate surface area is 70.3 Å². The second-order valence-electron chi connectivity index (χ2n) is 2.16. The summed E-state index contributed by atoms with van der Waals surface area (Å²) >= 11 is 6.70. The van der Waals surface area contributed by atoms with E-state index in [1.807, 2.05) is 0 Å². The van der Waals surface area contributed by atoms with Gasteiger partial charge in [-0.05, 0) is 12.8 Å². The molecule has 1 aromatic rings. The van der Waals surface area contributed by atoms with Crippen LogP contribution in [0, 0.1) is 3.82 Å². The van der Waals surface area contributed by atoms with Crippen molar-refractivity contribution in [1.82, 2.24) is 4.37 Å². The highest BCUT2D eigenvalue weighted by molar-refractivity contribution is 7.73. The molecule has 1 N–H and O–H groups in total. The number of hydrogen-bond donors (Lipinski definition) is 1. The van der Waals surface area contributed by atoms with Crippen LogP contribution in [0.1, 0.15) is 25.1 Å². The normalized spacial score (nSPS) is 10.2. The predicted molar refractivity (Wildman–Crippen MR) is 48.3 cm³/mol. The standard InChI is InChI=1S/C7H11NS2/c1-3-5-6(4-2)8-10-7(5)9/h8H,3-4H2,1-2H3. The molecular formula is C7H11NS2. The van der Waals surface area contributed by atoms with Crippen molar-refractivity contribution in [3.63, 3.8) is 0 Å². The van der Waals surface area contributed by atoms with E-state index in [-0.39, 0.29) is 0 Å². The van der Waals surface area contributed by atoms with E-state index in [4.69, 9.17) is 12.2 Å². The van der Waals surface area contributed by atoms with Crippen LogP contribution in [0.3, 0.4) is 0 Å². The molecule has 1 nitrogen and oxygen atoms in total. The molecule has 0 radical (unpaired) electrons. The number of nitrogens with one attached hydrogen (secondary N) is 1. The first-order chi connectivity index (χ1) is 4.79. The summed E-state index contributed by atoms with van der Waals surface area (Å²) in [4.78, 5) is 0. The van der Waals surface area contributed by atoms with E-state index in [1.54, 1.807) is 11.5 Å². The van der Waals surface area contributed by atoms with Gasteiger partial charge in [0.15, 0.2) is 0 Å². The summed E-state index contributed by atoms with van der Waals surface area (Å²) in [6, 6.07) is 0. The molecule has 0 spiro atoms. The van der Waals surface area contributed by atoms with Crippen LogP contribution in [0.5, 0.6) is 0 Å². The molecule has 0 aliphatic rings. The Morgan fingerprint density at radius 3 is 2.50 bits per heavy atom. The number of aromatic nitrogens is 1. The molecule has 0 amide bonds. The van der Waals surface area contributed by atoms with Crippen LogP contribution in [-0.4, -0.2) is 4.37 Å². The fourth-order valence-electron chi connectivity index (χ4n) is 0.998. The number of H-pyrrole nitrogens is 1. The van der Waals surface area contributed by atoms with Gasteiger partial charge in [0.2, 0.25) is 0 Å². The van der Waals surface area contributed by atoms with Gasteiger partial charge in [-0.1, -0.05) is 37.6 Å². The third-order valence-electron chi connectivity index (χ3n) is 1.58. The Morgan fingerprint density at radius 2 is 2.10 bits per heavy atom. The topological polar surface area (TPSA) is 15.8 Å². The van der Waals surface area contributed by atoms with E-state index in [9.17, 15) is 0 Å². The molecule has 0 saturated carbocycles. The first-order valence-corrected chi connectivity index (χ1v) is 4.71. The van der Waals surface area contributed by atoms with Gasteiger partial charge in [-0.2, -0.15) is 0 Å². The Bertz CT molecular complexity index is 259. The number of hydrogen-bond acceptors (Lipinski definition) is 2. The van der Waals surface area contributed by atoms with Gasteiger partial charge in [0, 0.05) is 11.3 Å². The lowest BCUT2D eigenvalue weighted by Gasteiger charge is -1.93. The minimum absolute atomic E-state index is 1.03. The largest absolute Gasteiger partial charge is 0.314 e. The maximum absolute atomic E-state index is 5.13.